The van der Waals surface area contributed by atoms with Crippen LogP contribution in [-0.4, -0.2) is 77.2 Å². The summed E-state index contributed by atoms with van der Waals surface area (Å²) in [5.74, 6) is -0.804. The first-order valence-corrected chi connectivity index (χ1v) is 8.91. The zero-order valence-electron chi connectivity index (χ0n) is 12.6. The highest BCUT2D eigenvalue weighted by atomic mass is 32.2. The minimum absolute atomic E-state index is 0.0122. The molecule has 0 bridgehead atoms. The highest BCUT2D eigenvalue weighted by Gasteiger charge is 2.29. The van der Waals surface area contributed by atoms with Crippen LogP contribution in [0.1, 0.15) is 25.7 Å². The maximum absolute atomic E-state index is 12.4. The number of carbonyl (C=O) groups is 2. The first-order valence-electron chi connectivity index (χ1n) is 7.62. The largest absolute Gasteiger partial charge is 0.480 e. The van der Waals surface area contributed by atoms with Crippen molar-refractivity contribution in [3.63, 3.8) is 0 Å². The van der Waals surface area contributed by atoms with Crippen LogP contribution in [0.3, 0.4) is 0 Å². The van der Waals surface area contributed by atoms with Crippen LogP contribution < -0.4 is 5.32 Å². The molecule has 2 amide bonds. The van der Waals surface area contributed by atoms with Crippen molar-refractivity contribution in [2.24, 2.45) is 0 Å². The summed E-state index contributed by atoms with van der Waals surface area (Å²) in [6.07, 6.45) is 6.36. The van der Waals surface area contributed by atoms with E-state index in [0.717, 1.165) is 19.4 Å². The van der Waals surface area contributed by atoms with E-state index in [0.29, 0.717) is 24.9 Å². The number of aliphatic carboxylic acids is 1. The molecule has 1 saturated carbocycles. The van der Waals surface area contributed by atoms with Gasteiger partial charge in [0.2, 0.25) is 0 Å². The van der Waals surface area contributed by atoms with Gasteiger partial charge in [0.05, 0.1) is 6.54 Å². The number of hydrogen-bond acceptors (Lipinski definition) is 4. The highest BCUT2D eigenvalue weighted by Crippen LogP contribution is 2.28. The number of urea groups is 1. The highest BCUT2D eigenvalue weighted by molar-refractivity contribution is 7.99. The smallest absolute Gasteiger partial charge is 0.317 e. The number of hydrogen-bond donors (Lipinski definition) is 2. The molecule has 1 aliphatic heterocycles. The Balaban J connectivity index is 1.81. The number of nitrogens with zero attached hydrogens (tertiary/aromatic N) is 2. The molecular weight excluding hydrogens is 290 g/mol. The molecule has 6 nitrogen and oxygen atoms in total. The molecule has 1 saturated heterocycles. The van der Waals surface area contributed by atoms with Gasteiger partial charge in [0.25, 0.3) is 0 Å². The SMILES string of the molecule is CSC1CCCC1NC(=O)N1CCCN(CC(=O)O)CC1. The Labute approximate surface area is 130 Å². The summed E-state index contributed by atoms with van der Waals surface area (Å²) < 4.78 is 0. The van der Waals surface area contributed by atoms with Gasteiger partial charge in [-0.2, -0.15) is 11.8 Å². The molecule has 2 rings (SSSR count). The van der Waals surface area contributed by atoms with Gasteiger partial charge in [-0.1, -0.05) is 6.42 Å². The fourth-order valence-corrected chi connectivity index (χ4v) is 4.08. The Morgan fingerprint density at radius 1 is 1.19 bits per heavy atom. The van der Waals surface area contributed by atoms with E-state index in [1.165, 1.54) is 12.8 Å². The average molecular weight is 315 g/mol. The molecule has 120 valence electrons. The van der Waals surface area contributed by atoms with Crippen molar-refractivity contribution in [1.82, 2.24) is 15.1 Å². The van der Waals surface area contributed by atoms with E-state index in [9.17, 15) is 9.59 Å². The Morgan fingerprint density at radius 2 is 2.00 bits per heavy atom. The van der Waals surface area contributed by atoms with Crippen molar-refractivity contribution in [1.29, 1.82) is 0 Å². The predicted molar refractivity (Wildman–Crippen MR) is 83.7 cm³/mol. The Kier molecular flexibility index (Phi) is 6.17. The number of rotatable bonds is 4. The monoisotopic (exact) mass is 315 g/mol. The first kappa shape index (κ1) is 16.4. The minimum Gasteiger partial charge on any atom is -0.480 e. The van der Waals surface area contributed by atoms with E-state index in [1.54, 1.807) is 0 Å². The van der Waals surface area contributed by atoms with Gasteiger partial charge in [0, 0.05) is 37.5 Å². The van der Waals surface area contributed by atoms with Crippen LogP contribution in [0.2, 0.25) is 0 Å². The molecule has 2 atom stereocenters. The maximum Gasteiger partial charge on any atom is 0.317 e. The molecule has 2 fully saturated rings. The van der Waals surface area contributed by atoms with Gasteiger partial charge in [0.15, 0.2) is 0 Å². The molecule has 2 N–H and O–H groups in total. The van der Waals surface area contributed by atoms with Crippen LogP contribution in [0.5, 0.6) is 0 Å². The predicted octanol–water partition coefficient (Wildman–Crippen LogP) is 1.07. The normalized spacial score (nSPS) is 27.4. The summed E-state index contributed by atoms with van der Waals surface area (Å²) in [6, 6.07) is 0.295. The molecule has 1 aliphatic carbocycles. The summed E-state index contributed by atoms with van der Waals surface area (Å²) >= 11 is 1.83. The summed E-state index contributed by atoms with van der Waals surface area (Å²) in [5, 5.41) is 12.5. The van der Waals surface area contributed by atoms with Crippen molar-refractivity contribution in [3.8, 4) is 0 Å². The lowest BCUT2D eigenvalue weighted by molar-refractivity contribution is -0.138. The van der Waals surface area contributed by atoms with Gasteiger partial charge >= 0.3 is 12.0 Å². The van der Waals surface area contributed by atoms with Crippen LogP contribution in [0.25, 0.3) is 0 Å². The van der Waals surface area contributed by atoms with Crippen molar-refractivity contribution >= 4 is 23.8 Å². The van der Waals surface area contributed by atoms with Crippen LogP contribution >= 0.6 is 11.8 Å². The van der Waals surface area contributed by atoms with Crippen LogP contribution in [-0.2, 0) is 4.79 Å². The molecule has 0 aromatic carbocycles. The second-order valence-corrected chi connectivity index (χ2v) is 6.85. The number of carbonyl (C=O) groups excluding carboxylic acids is 1. The molecule has 2 aliphatic rings. The van der Waals surface area contributed by atoms with Gasteiger partial charge in [-0.15, -0.1) is 0 Å². The first-order chi connectivity index (χ1) is 10.1. The van der Waals surface area contributed by atoms with E-state index in [-0.39, 0.29) is 18.6 Å². The number of carboxylic acid groups (broad SMARTS) is 1. The van der Waals surface area contributed by atoms with E-state index in [4.69, 9.17) is 5.11 Å². The summed E-state index contributed by atoms with van der Waals surface area (Å²) in [6.45, 7) is 2.75. The summed E-state index contributed by atoms with van der Waals surface area (Å²) in [4.78, 5) is 26.9. The molecule has 0 aromatic heterocycles. The van der Waals surface area contributed by atoms with Gasteiger partial charge in [-0.05, 0) is 25.5 Å². The molecule has 0 spiro atoms. The quantitative estimate of drug-likeness (QED) is 0.812. The molecule has 0 radical (unpaired) electrons. The lowest BCUT2D eigenvalue weighted by Crippen LogP contribution is -2.48. The van der Waals surface area contributed by atoms with Crippen molar-refractivity contribution in [2.75, 3.05) is 39.0 Å². The second-order valence-electron chi connectivity index (χ2n) is 5.77. The second kappa shape index (κ2) is 7.89. The van der Waals surface area contributed by atoms with Crippen molar-refractivity contribution in [3.05, 3.63) is 0 Å². The lowest BCUT2D eigenvalue weighted by atomic mass is 10.2. The van der Waals surface area contributed by atoms with E-state index in [2.05, 4.69) is 11.6 Å². The minimum atomic E-state index is -0.804. The maximum atomic E-state index is 12.4. The topological polar surface area (TPSA) is 72.9 Å². The van der Waals surface area contributed by atoms with E-state index >= 15 is 0 Å². The molecule has 7 heteroatoms. The Bertz CT molecular complexity index is 380. The third-order valence-electron chi connectivity index (χ3n) is 4.30. The number of nitrogens with one attached hydrogen (secondary N) is 1. The average Bonchev–Trinajstić information content (AvgIpc) is 2.75. The Morgan fingerprint density at radius 3 is 2.71 bits per heavy atom. The zero-order chi connectivity index (χ0) is 15.2. The Hall–Kier alpha value is -0.950. The number of amides is 2. The van der Waals surface area contributed by atoms with Crippen molar-refractivity contribution < 1.29 is 14.7 Å². The zero-order valence-corrected chi connectivity index (χ0v) is 13.4. The third-order valence-corrected chi connectivity index (χ3v) is 5.47. The standard InChI is InChI=1S/C14H25N3O3S/c1-21-12-5-2-4-11(12)15-14(20)17-7-3-6-16(8-9-17)10-13(18)19/h11-12H,2-10H2,1H3,(H,15,20)(H,18,19). The van der Waals surface area contributed by atoms with Gasteiger partial charge < -0.3 is 15.3 Å². The van der Waals surface area contributed by atoms with Gasteiger partial charge in [0.1, 0.15) is 0 Å². The lowest BCUT2D eigenvalue weighted by Gasteiger charge is -2.26. The van der Waals surface area contributed by atoms with E-state index in [1.807, 2.05) is 21.6 Å². The van der Waals surface area contributed by atoms with E-state index < -0.39 is 5.97 Å². The van der Waals surface area contributed by atoms with Crippen LogP contribution in [0, 0.1) is 0 Å². The van der Waals surface area contributed by atoms with Gasteiger partial charge in [-0.3, -0.25) is 9.69 Å². The molecular formula is C14H25N3O3S. The number of carboxylic acids is 1. The molecule has 0 aromatic rings. The molecule has 21 heavy (non-hydrogen) atoms. The fourth-order valence-electron chi connectivity index (χ4n) is 3.15. The molecule has 1 heterocycles. The van der Waals surface area contributed by atoms with Crippen molar-refractivity contribution in [2.45, 2.75) is 37.0 Å². The van der Waals surface area contributed by atoms with Gasteiger partial charge in [-0.25, -0.2) is 4.79 Å². The molecule has 2 unspecified atom stereocenters. The summed E-state index contributed by atoms with van der Waals surface area (Å²) in [7, 11) is 0. The summed E-state index contributed by atoms with van der Waals surface area (Å²) in [5.41, 5.74) is 0. The third kappa shape index (κ3) is 4.78. The van der Waals surface area contributed by atoms with Crippen LogP contribution in [0.4, 0.5) is 4.79 Å². The van der Waals surface area contributed by atoms with Crippen LogP contribution in [0.15, 0.2) is 0 Å². The number of thioether (sulfide) groups is 1. The fraction of sp³-hybridized carbons (Fsp3) is 0.857.